The summed E-state index contributed by atoms with van der Waals surface area (Å²) in [6.45, 7) is 4.43. The normalized spacial score (nSPS) is 23.7. The molecule has 18 heavy (non-hydrogen) atoms. The van der Waals surface area contributed by atoms with Gasteiger partial charge in [-0.3, -0.25) is 4.99 Å². The number of thioether (sulfide) groups is 1. The van der Waals surface area contributed by atoms with Gasteiger partial charge in [0.15, 0.2) is 5.17 Å². The first-order chi connectivity index (χ1) is 8.52. The molecule has 0 saturated carbocycles. The fourth-order valence-corrected chi connectivity index (χ4v) is 3.64. The van der Waals surface area contributed by atoms with Gasteiger partial charge in [-0.25, -0.2) is 0 Å². The van der Waals surface area contributed by atoms with E-state index in [1.165, 1.54) is 0 Å². The second-order valence-corrected chi connectivity index (χ2v) is 7.47. The number of aliphatic imine (C=N–C) groups is 1. The largest absolute Gasteiger partial charge is 0.334 e. The number of hydrogen-bond donors (Lipinski definition) is 1. The fourth-order valence-electron chi connectivity index (χ4n) is 1.73. The SMILES string of the molecule is CCC1(C)CCSC(Nc2cc(Br)ccc2Br)=N1. The summed E-state index contributed by atoms with van der Waals surface area (Å²) in [5.74, 6) is 1.13. The quantitative estimate of drug-likeness (QED) is 0.740. The average Bonchev–Trinajstić information content (AvgIpc) is 2.34. The number of halogens is 2. The summed E-state index contributed by atoms with van der Waals surface area (Å²) in [4.78, 5) is 4.83. The molecular weight excluding hydrogens is 376 g/mol. The van der Waals surface area contributed by atoms with Crippen LogP contribution in [0.5, 0.6) is 0 Å². The Balaban J connectivity index is 2.21. The maximum atomic E-state index is 4.83. The fraction of sp³-hybridized carbons (Fsp3) is 0.462. The molecule has 0 saturated heterocycles. The predicted octanol–water partition coefficient (Wildman–Crippen LogP) is 5.29. The topological polar surface area (TPSA) is 24.4 Å². The molecule has 0 bridgehead atoms. The summed E-state index contributed by atoms with van der Waals surface area (Å²) in [6, 6.07) is 6.10. The third-order valence-electron chi connectivity index (χ3n) is 3.18. The lowest BCUT2D eigenvalue weighted by atomic mass is 9.97. The lowest BCUT2D eigenvalue weighted by molar-refractivity contribution is 0.443. The van der Waals surface area contributed by atoms with Crippen molar-refractivity contribution >= 4 is 54.5 Å². The molecule has 1 atom stereocenters. The molecule has 1 heterocycles. The van der Waals surface area contributed by atoms with Gasteiger partial charge in [-0.2, -0.15) is 0 Å². The maximum absolute atomic E-state index is 4.83. The predicted molar refractivity (Wildman–Crippen MR) is 88.7 cm³/mol. The van der Waals surface area contributed by atoms with Gasteiger partial charge < -0.3 is 5.32 Å². The lowest BCUT2D eigenvalue weighted by Crippen LogP contribution is -2.29. The summed E-state index contributed by atoms with van der Waals surface area (Å²) in [7, 11) is 0. The van der Waals surface area contributed by atoms with Crippen LogP contribution in [0.3, 0.4) is 0 Å². The van der Waals surface area contributed by atoms with Gasteiger partial charge in [-0.15, -0.1) is 0 Å². The summed E-state index contributed by atoms with van der Waals surface area (Å²) >= 11 is 8.84. The third-order valence-corrected chi connectivity index (χ3v) is 5.24. The molecule has 1 aromatic rings. The summed E-state index contributed by atoms with van der Waals surface area (Å²) in [6.07, 6.45) is 2.23. The van der Waals surface area contributed by atoms with Crippen LogP contribution < -0.4 is 5.32 Å². The molecular formula is C13H16Br2N2S. The Hall–Kier alpha value is -0.000000000000000111. The molecule has 1 aliphatic heterocycles. The minimum absolute atomic E-state index is 0.0894. The molecule has 0 aromatic heterocycles. The molecule has 0 radical (unpaired) electrons. The van der Waals surface area contributed by atoms with Crippen LogP contribution in [0.25, 0.3) is 0 Å². The Morgan fingerprint density at radius 3 is 2.94 bits per heavy atom. The van der Waals surface area contributed by atoms with E-state index in [4.69, 9.17) is 4.99 Å². The Morgan fingerprint density at radius 1 is 1.44 bits per heavy atom. The number of nitrogens with zero attached hydrogens (tertiary/aromatic N) is 1. The van der Waals surface area contributed by atoms with Crippen molar-refractivity contribution in [1.29, 1.82) is 0 Å². The number of amidine groups is 1. The zero-order chi connectivity index (χ0) is 13.2. The van der Waals surface area contributed by atoms with Gasteiger partial charge in [0.05, 0.1) is 11.2 Å². The second-order valence-electron chi connectivity index (χ2n) is 4.62. The van der Waals surface area contributed by atoms with Gasteiger partial charge in [0.2, 0.25) is 0 Å². The van der Waals surface area contributed by atoms with Crippen LogP contribution >= 0.6 is 43.6 Å². The van der Waals surface area contributed by atoms with Gasteiger partial charge in [0.1, 0.15) is 0 Å². The summed E-state index contributed by atoms with van der Waals surface area (Å²) in [5.41, 5.74) is 1.14. The second kappa shape index (κ2) is 5.97. The molecule has 1 aromatic carbocycles. The minimum atomic E-state index is 0.0894. The van der Waals surface area contributed by atoms with E-state index in [0.29, 0.717) is 0 Å². The van der Waals surface area contributed by atoms with Crippen molar-refractivity contribution in [3.05, 3.63) is 27.1 Å². The first-order valence-electron chi connectivity index (χ1n) is 5.97. The van der Waals surface area contributed by atoms with Crippen molar-refractivity contribution in [3.8, 4) is 0 Å². The monoisotopic (exact) mass is 390 g/mol. The molecule has 2 rings (SSSR count). The molecule has 2 nitrogen and oxygen atoms in total. The molecule has 0 spiro atoms. The van der Waals surface area contributed by atoms with E-state index < -0.39 is 0 Å². The smallest absolute Gasteiger partial charge is 0.161 e. The molecule has 1 N–H and O–H groups in total. The highest BCUT2D eigenvalue weighted by atomic mass is 79.9. The molecule has 0 amide bonds. The number of benzene rings is 1. The highest BCUT2D eigenvalue weighted by Gasteiger charge is 2.26. The van der Waals surface area contributed by atoms with Crippen molar-refractivity contribution in [1.82, 2.24) is 0 Å². The van der Waals surface area contributed by atoms with Crippen molar-refractivity contribution < 1.29 is 0 Å². The standard InChI is InChI=1S/C13H16Br2N2S/c1-3-13(2)6-7-18-12(17-13)16-11-8-9(14)4-5-10(11)15/h4-5,8H,3,6-7H2,1-2H3,(H,16,17). The minimum Gasteiger partial charge on any atom is -0.334 e. The van der Waals surface area contributed by atoms with Crippen LogP contribution in [0.15, 0.2) is 32.1 Å². The molecule has 0 aliphatic carbocycles. The Bertz CT molecular complexity index is 476. The van der Waals surface area contributed by atoms with Crippen LogP contribution in [0.2, 0.25) is 0 Å². The van der Waals surface area contributed by atoms with Gasteiger partial charge in [-0.05, 0) is 53.9 Å². The Morgan fingerprint density at radius 2 is 2.22 bits per heavy atom. The highest BCUT2D eigenvalue weighted by Crippen LogP contribution is 2.32. The van der Waals surface area contributed by atoms with E-state index in [9.17, 15) is 0 Å². The number of rotatable bonds is 2. The van der Waals surface area contributed by atoms with E-state index >= 15 is 0 Å². The van der Waals surface area contributed by atoms with Gasteiger partial charge in [0, 0.05) is 14.7 Å². The molecule has 1 aliphatic rings. The van der Waals surface area contributed by atoms with E-state index in [2.05, 4.69) is 57.1 Å². The molecule has 98 valence electrons. The first kappa shape index (κ1) is 14.4. The lowest BCUT2D eigenvalue weighted by Gasteiger charge is -2.29. The number of nitrogens with one attached hydrogen (secondary N) is 1. The highest BCUT2D eigenvalue weighted by molar-refractivity contribution is 9.11. The molecule has 0 fully saturated rings. The van der Waals surface area contributed by atoms with E-state index in [1.54, 1.807) is 11.8 Å². The van der Waals surface area contributed by atoms with Crippen LogP contribution in [0, 0.1) is 0 Å². The van der Waals surface area contributed by atoms with Crippen LogP contribution in [0.1, 0.15) is 26.7 Å². The van der Waals surface area contributed by atoms with Crippen LogP contribution in [-0.4, -0.2) is 16.5 Å². The number of hydrogen-bond acceptors (Lipinski definition) is 3. The first-order valence-corrected chi connectivity index (χ1v) is 8.54. The van der Waals surface area contributed by atoms with E-state index in [1.807, 2.05) is 12.1 Å². The van der Waals surface area contributed by atoms with E-state index in [-0.39, 0.29) is 5.54 Å². The zero-order valence-electron chi connectivity index (χ0n) is 10.5. The zero-order valence-corrected chi connectivity index (χ0v) is 14.5. The van der Waals surface area contributed by atoms with Gasteiger partial charge >= 0.3 is 0 Å². The van der Waals surface area contributed by atoms with Crippen LogP contribution in [0.4, 0.5) is 5.69 Å². The summed E-state index contributed by atoms with van der Waals surface area (Å²) in [5, 5.41) is 4.43. The van der Waals surface area contributed by atoms with Crippen molar-refractivity contribution in [2.24, 2.45) is 4.99 Å². The van der Waals surface area contributed by atoms with Gasteiger partial charge in [-0.1, -0.05) is 34.6 Å². The average molecular weight is 392 g/mol. The molecule has 1 unspecified atom stereocenters. The Labute approximate surface area is 129 Å². The van der Waals surface area contributed by atoms with E-state index in [0.717, 1.165) is 38.4 Å². The third kappa shape index (κ3) is 3.52. The number of anilines is 1. The van der Waals surface area contributed by atoms with Crippen molar-refractivity contribution in [3.63, 3.8) is 0 Å². The molecule has 5 heteroatoms. The van der Waals surface area contributed by atoms with Crippen LogP contribution in [-0.2, 0) is 0 Å². The van der Waals surface area contributed by atoms with Crippen molar-refractivity contribution in [2.75, 3.05) is 11.1 Å². The van der Waals surface area contributed by atoms with Crippen molar-refractivity contribution in [2.45, 2.75) is 32.2 Å². The maximum Gasteiger partial charge on any atom is 0.161 e. The Kier molecular flexibility index (Phi) is 4.78. The summed E-state index contributed by atoms with van der Waals surface area (Å²) < 4.78 is 2.12. The van der Waals surface area contributed by atoms with Gasteiger partial charge in [0.25, 0.3) is 0 Å².